The van der Waals surface area contributed by atoms with Crippen molar-refractivity contribution in [2.45, 2.75) is 19.8 Å². The average molecular weight is 218 g/mol. The zero-order chi connectivity index (χ0) is 11.2. The molecule has 2 heterocycles. The number of nitrogens with one attached hydrogen (secondary N) is 2. The van der Waals surface area contributed by atoms with E-state index in [1.807, 2.05) is 6.92 Å². The lowest BCUT2D eigenvalue weighted by molar-refractivity contribution is 0.802. The number of rotatable bonds is 5. The van der Waals surface area contributed by atoms with Crippen molar-refractivity contribution in [3.63, 3.8) is 0 Å². The minimum absolute atomic E-state index is 0.847. The highest BCUT2D eigenvalue weighted by Crippen LogP contribution is 2.05. The summed E-state index contributed by atoms with van der Waals surface area (Å²) in [4.78, 5) is 12.4. The van der Waals surface area contributed by atoms with Crippen LogP contribution in [0.4, 0.5) is 5.82 Å². The van der Waals surface area contributed by atoms with E-state index in [9.17, 15) is 0 Å². The summed E-state index contributed by atoms with van der Waals surface area (Å²) in [7, 11) is 0. The Morgan fingerprint density at radius 2 is 2.12 bits per heavy atom. The van der Waals surface area contributed by atoms with Crippen LogP contribution >= 0.6 is 0 Å². The van der Waals surface area contributed by atoms with Crippen molar-refractivity contribution in [3.05, 3.63) is 30.2 Å². The lowest BCUT2D eigenvalue weighted by Crippen LogP contribution is -2.07. The molecule has 16 heavy (non-hydrogen) atoms. The molecule has 2 N–H and O–H groups in total. The van der Waals surface area contributed by atoms with Crippen LogP contribution in [0.3, 0.4) is 0 Å². The van der Waals surface area contributed by atoms with E-state index in [2.05, 4.69) is 30.5 Å². The Balaban J connectivity index is 1.74. The molecular formula is C10H14N6. The van der Waals surface area contributed by atoms with Gasteiger partial charge in [-0.25, -0.2) is 9.97 Å². The van der Waals surface area contributed by atoms with Crippen LogP contribution in [0.2, 0.25) is 0 Å². The molecule has 84 valence electrons. The lowest BCUT2D eigenvalue weighted by atomic mass is 10.3. The van der Waals surface area contributed by atoms with Crippen molar-refractivity contribution >= 4 is 5.82 Å². The molecule has 0 unspecified atom stereocenters. The van der Waals surface area contributed by atoms with E-state index in [-0.39, 0.29) is 0 Å². The summed E-state index contributed by atoms with van der Waals surface area (Å²) >= 11 is 0. The molecule has 0 amide bonds. The number of aromatic amines is 1. The molecule has 0 saturated carbocycles. The van der Waals surface area contributed by atoms with E-state index in [1.165, 1.54) is 6.33 Å². The van der Waals surface area contributed by atoms with Crippen LogP contribution in [0.25, 0.3) is 0 Å². The van der Waals surface area contributed by atoms with E-state index < -0.39 is 0 Å². The third-order valence-corrected chi connectivity index (χ3v) is 2.23. The number of nitrogens with zero attached hydrogens (tertiary/aromatic N) is 4. The predicted octanol–water partition coefficient (Wildman–Crippen LogP) is 0.948. The summed E-state index contributed by atoms with van der Waals surface area (Å²) in [5.41, 5.74) is 0.919. The van der Waals surface area contributed by atoms with Crippen LogP contribution < -0.4 is 5.32 Å². The largest absolute Gasteiger partial charge is 0.369 e. The molecule has 0 aliphatic rings. The lowest BCUT2D eigenvalue weighted by Gasteiger charge is -2.05. The molecule has 0 aromatic carbocycles. The molecular weight excluding hydrogens is 204 g/mol. The highest BCUT2D eigenvalue weighted by molar-refractivity contribution is 5.37. The molecule has 6 nitrogen and oxygen atoms in total. The van der Waals surface area contributed by atoms with Gasteiger partial charge < -0.3 is 5.32 Å². The SMILES string of the molecule is Cc1nccnc1NCCCc1ncn[nH]1. The van der Waals surface area contributed by atoms with Gasteiger partial charge in [0.1, 0.15) is 18.0 Å². The van der Waals surface area contributed by atoms with E-state index in [4.69, 9.17) is 0 Å². The zero-order valence-electron chi connectivity index (χ0n) is 9.14. The second-order valence-electron chi connectivity index (χ2n) is 3.45. The minimum Gasteiger partial charge on any atom is -0.369 e. The Bertz CT molecular complexity index is 425. The fourth-order valence-electron chi connectivity index (χ4n) is 1.40. The zero-order valence-corrected chi connectivity index (χ0v) is 9.14. The normalized spacial score (nSPS) is 10.3. The van der Waals surface area contributed by atoms with Gasteiger partial charge in [0, 0.05) is 25.4 Å². The molecule has 2 rings (SSSR count). The van der Waals surface area contributed by atoms with Crippen molar-refractivity contribution in [3.8, 4) is 0 Å². The highest BCUT2D eigenvalue weighted by atomic mass is 15.2. The topological polar surface area (TPSA) is 79.4 Å². The molecule has 2 aromatic heterocycles. The summed E-state index contributed by atoms with van der Waals surface area (Å²) in [6, 6.07) is 0. The van der Waals surface area contributed by atoms with Crippen molar-refractivity contribution in [2.24, 2.45) is 0 Å². The highest BCUT2D eigenvalue weighted by Gasteiger charge is 1.99. The second-order valence-corrected chi connectivity index (χ2v) is 3.45. The Kier molecular flexibility index (Phi) is 3.42. The maximum Gasteiger partial charge on any atom is 0.147 e. The molecule has 6 heteroatoms. The van der Waals surface area contributed by atoms with Crippen LogP contribution in [0.5, 0.6) is 0 Å². The van der Waals surface area contributed by atoms with Crippen LogP contribution in [0.15, 0.2) is 18.7 Å². The van der Waals surface area contributed by atoms with Gasteiger partial charge in [0.15, 0.2) is 0 Å². The van der Waals surface area contributed by atoms with Crippen molar-refractivity contribution in [2.75, 3.05) is 11.9 Å². The van der Waals surface area contributed by atoms with E-state index in [1.54, 1.807) is 12.4 Å². The monoisotopic (exact) mass is 218 g/mol. The number of hydrogen-bond donors (Lipinski definition) is 2. The molecule has 0 fully saturated rings. The maximum atomic E-state index is 4.20. The number of aryl methyl sites for hydroxylation is 2. The van der Waals surface area contributed by atoms with Crippen molar-refractivity contribution in [1.29, 1.82) is 0 Å². The van der Waals surface area contributed by atoms with Gasteiger partial charge >= 0.3 is 0 Å². The number of anilines is 1. The first-order valence-electron chi connectivity index (χ1n) is 5.22. The van der Waals surface area contributed by atoms with Crippen LogP contribution in [-0.2, 0) is 6.42 Å². The smallest absolute Gasteiger partial charge is 0.147 e. The molecule has 0 aliphatic carbocycles. The van der Waals surface area contributed by atoms with E-state index in [0.717, 1.165) is 36.7 Å². The molecule has 0 bridgehead atoms. The van der Waals surface area contributed by atoms with E-state index >= 15 is 0 Å². The van der Waals surface area contributed by atoms with Crippen LogP contribution in [0, 0.1) is 6.92 Å². The van der Waals surface area contributed by atoms with Gasteiger partial charge in [0.25, 0.3) is 0 Å². The van der Waals surface area contributed by atoms with Crippen LogP contribution in [-0.4, -0.2) is 31.7 Å². The first-order valence-corrected chi connectivity index (χ1v) is 5.22. The van der Waals surface area contributed by atoms with Gasteiger partial charge in [0.2, 0.25) is 0 Å². The molecule has 0 aliphatic heterocycles. The van der Waals surface area contributed by atoms with Gasteiger partial charge in [-0.15, -0.1) is 0 Å². The average Bonchev–Trinajstić information content (AvgIpc) is 2.79. The van der Waals surface area contributed by atoms with Gasteiger partial charge in [-0.2, -0.15) is 5.10 Å². The van der Waals surface area contributed by atoms with Gasteiger partial charge in [0.05, 0.1) is 5.69 Å². The number of H-pyrrole nitrogens is 1. The first kappa shape index (κ1) is 10.5. The first-order chi connectivity index (χ1) is 7.86. The Hall–Kier alpha value is -1.98. The third-order valence-electron chi connectivity index (χ3n) is 2.23. The fourth-order valence-corrected chi connectivity index (χ4v) is 1.40. The molecule has 2 aromatic rings. The van der Waals surface area contributed by atoms with Gasteiger partial charge in [-0.3, -0.25) is 10.1 Å². The maximum absolute atomic E-state index is 4.20. The molecule has 0 spiro atoms. The standard InChI is InChI=1S/C10H14N6/c1-8-10(13-6-5-11-8)12-4-2-3-9-14-7-15-16-9/h5-7H,2-4H2,1H3,(H,12,13)(H,14,15,16). The summed E-state index contributed by atoms with van der Waals surface area (Å²) in [6.45, 7) is 2.78. The Morgan fingerprint density at radius 3 is 2.88 bits per heavy atom. The minimum atomic E-state index is 0.847. The van der Waals surface area contributed by atoms with Gasteiger partial charge in [-0.05, 0) is 13.3 Å². The second kappa shape index (κ2) is 5.20. The third kappa shape index (κ3) is 2.75. The summed E-state index contributed by atoms with van der Waals surface area (Å²) in [5, 5.41) is 9.86. The molecule has 0 saturated heterocycles. The predicted molar refractivity (Wildman–Crippen MR) is 60.0 cm³/mol. The van der Waals surface area contributed by atoms with Crippen LogP contribution in [0.1, 0.15) is 17.9 Å². The molecule has 0 radical (unpaired) electrons. The van der Waals surface area contributed by atoms with Gasteiger partial charge in [-0.1, -0.05) is 0 Å². The fraction of sp³-hybridized carbons (Fsp3) is 0.400. The Morgan fingerprint density at radius 1 is 1.25 bits per heavy atom. The summed E-state index contributed by atoms with van der Waals surface area (Å²) in [6.07, 6.45) is 6.76. The molecule has 0 atom stereocenters. The summed E-state index contributed by atoms with van der Waals surface area (Å²) < 4.78 is 0. The Labute approximate surface area is 93.6 Å². The van der Waals surface area contributed by atoms with Crippen molar-refractivity contribution < 1.29 is 0 Å². The van der Waals surface area contributed by atoms with Crippen molar-refractivity contribution in [1.82, 2.24) is 25.1 Å². The van der Waals surface area contributed by atoms with E-state index in [0.29, 0.717) is 0 Å². The number of hydrogen-bond acceptors (Lipinski definition) is 5. The quantitative estimate of drug-likeness (QED) is 0.730. The number of aromatic nitrogens is 5. The summed E-state index contributed by atoms with van der Waals surface area (Å²) in [5.74, 6) is 1.76.